The highest BCUT2D eigenvalue weighted by molar-refractivity contribution is 8.00. The third-order valence-electron chi connectivity index (χ3n) is 3.15. The Kier molecular flexibility index (Phi) is 5.55. The van der Waals surface area contributed by atoms with Crippen molar-refractivity contribution in [2.75, 3.05) is 5.32 Å². The predicted octanol–water partition coefficient (Wildman–Crippen LogP) is 2.76. The average molecular weight is 327 g/mol. The van der Waals surface area contributed by atoms with Crippen LogP contribution in [0.2, 0.25) is 0 Å². The molecule has 0 aliphatic heterocycles. The van der Waals surface area contributed by atoms with Gasteiger partial charge in [-0.05, 0) is 38.1 Å². The first-order chi connectivity index (χ1) is 11.0. The molecule has 0 aliphatic rings. The fraction of sp³-hybridized carbons (Fsp3) is 0.250. The van der Waals surface area contributed by atoms with E-state index in [-0.39, 0.29) is 11.2 Å². The van der Waals surface area contributed by atoms with Gasteiger partial charge in [0.05, 0.1) is 16.9 Å². The maximum Gasteiger partial charge on any atom is 0.237 e. The van der Waals surface area contributed by atoms with Crippen LogP contribution in [0.25, 0.3) is 0 Å². The van der Waals surface area contributed by atoms with E-state index in [1.54, 1.807) is 30.3 Å². The Labute approximate surface area is 139 Å². The highest BCUT2D eigenvalue weighted by atomic mass is 32.2. The van der Waals surface area contributed by atoms with Crippen molar-refractivity contribution in [3.8, 4) is 6.07 Å². The first-order valence-electron chi connectivity index (χ1n) is 7.03. The van der Waals surface area contributed by atoms with Crippen LogP contribution in [0.5, 0.6) is 0 Å². The smallest absolute Gasteiger partial charge is 0.237 e. The number of nitrogens with one attached hydrogen (secondary N) is 1. The minimum absolute atomic E-state index is 0.134. The summed E-state index contributed by atoms with van der Waals surface area (Å²) in [7, 11) is 0. The number of carbonyl (C=O) groups is 1. The standard InChI is InChI=1S/C16H17N5OS/c1-4-9-21-12(3)19-20-16(21)23-11(2)15(22)18-14-7-5-13(10-17)6-8-14/h4-8,11H,1,9H2,2-3H3,(H,18,22)/t11-/m0/s1. The van der Waals surface area contributed by atoms with Gasteiger partial charge in [-0.3, -0.25) is 4.79 Å². The van der Waals surface area contributed by atoms with Gasteiger partial charge < -0.3 is 9.88 Å². The monoisotopic (exact) mass is 327 g/mol. The summed E-state index contributed by atoms with van der Waals surface area (Å²) >= 11 is 1.34. The Bertz CT molecular complexity index is 745. The van der Waals surface area contributed by atoms with Crippen LogP contribution in [0, 0.1) is 18.3 Å². The van der Waals surface area contributed by atoms with E-state index in [1.807, 2.05) is 24.5 Å². The fourth-order valence-electron chi connectivity index (χ4n) is 1.87. The molecule has 0 aliphatic carbocycles. The Balaban J connectivity index is 2.02. The van der Waals surface area contributed by atoms with Crippen LogP contribution in [-0.2, 0) is 11.3 Å². The summed E-state index contributed by atoms with van der Waals surface area (Å²) in [5, 5.41) is 20.1. The number of anilines is 1. The molecule has 0 spiro atoms. The number of benzene rings is 1. The molecular weight excluding hydrogens is 310 g/mol. The molecule has 2 aromatic rings. The molecule has 0 bridgehead atoms. The average Bonchev–Trinajstić information content (AvgIpc) is 2.89. The number of rotatable bonds is 6. The molecular formula is C16H17N5OS. The number of amides is 1. The van der Waals surface area contributed by atoms with Crippen LogP contribution in [-0.4, -0.2) is 25.9 Å². The van der Waals surface area contributed by atoms with Gasteiger partial charge in [-0.15, -0.1) is 16.8 Å². The zero-order valence-electron chi connectivity index (χ0n) is 13.0. The quantitative estimate of drug-likeness (QED) is 0.651. The van der Waals surface area contributed by atoms with Crippen molar-refractivity contribution in [2.45, 2.75) is 30.8 Å². The van der Waals surface area contributed by atoms with Gasteiger partial charge in [0.15, 0.2) is 5.16 Å². The zero-order chi connectivity index (χ0) is 16.8. The Morgan fingerprint density at radius 1 is 1.48 bits per heavy atom. The lowest BCUT2D eigenvalue weighted by Crippen LogP contribution is -2.23. The summed E-state index contributed by atoms with van der Waals surface area (Å²) in [5.41, 5.74) is 1.21. The van der Waals surface area contributed by atoms with Crippen molar-refractivity contribution in [1.82, 2.24) is 14.8 Å². The van der Waals surface area contributed by atoms with Crippen molar-refractivity contribution in [3.05, 3.63) is 48.3 Å². The van der Waals surface area contributed by atoms with Crippen LogP contribution in [0.4, 0.5) is 5.69 Å². The number of aromatic nitrogens is 3. The third kappa shape index (κ3) is 4.20. The van der Waals surface area contributed by atoms with Crippen molar-refractivity contribution in [1.29, 1.82) is 5.26 Å². The summed E-state index contributed by atoms with van der Waals surface area (Å²) in [4.78, 5) is 12.3. The molecule has 6 nitrogen and oxygen atoms in total. The number of allylic oxidation sites excluding steroid dienone is 1. The summed E-state index contributed by atoms with van der Waals surface area (Å²) in [5.74, 6) is 0.651. The largest absolute Gasteiger partial charge is 0.325 e. The molecule has 0 radical (unpaired) electrons. The second-order valence-electron chi connectivity index (χ2n) is 4.87. The molecule has 1 heterocycles. The van der Waals surface area contributed by atoms with Gasteiger partial charge in [0.1, 0.15) is 5.82 Å². The minimum Gasteiger partial charge on any atom is -0.325 e. The number of nitrogens with zero attached hydrogens (tertiary/aromatic N) is 4. The molecule has 0 saturated heterocycles. The zero-order valence-corrected chi connectivity index (χ0v) is 13.8. The van der Waals surface area contributed by atoms with Gasteiger partial charge >= 0.3 is 0 Å². The molecule has 1 amide bonds. The maximum absolute atomic E-state index is 12.3. The lowest BCUT2D eigenvalue weighted by molar-refractivity contribution is -0.115. The lowest BCUT2D eigenvalue weighted by Gasteiger charge is -2.12. The summed E-state index contributed by atoms with van der Waals surface area (Å²) in [6, 6.07) is 8.78. The van der Waals surface area contributed by atoms with E-state index in [0.717, 1.165) is 5.82 Å². The van der Waals surface area contributed by atoms with Gasteiger partial charge in [-0.2, -0.15) is 5.26 Å². The highest BCUT2D eigenvalue weighted by Gasteiger charge is 2.19. The van der Waals surface area contributed by atoms with E-state index in [4.69, 9.17) is 5.26 Å². The Morgan fingerprint density at radius 2 is 2.17 bits per heavy atom. The number of aryl methyl sites for hydroxylation is 1. The van der Waals surface area contributed by atoms with E-state index in [1.165, 1.54) is 11.8 Å². The fourth-order valence-corrected chi connectivity index (χ4v) is 2.78. The van der Waals surface area contributed by atoms with E-state index >= 15 is 0 Å². The summed E-state index contributed by atoms with van der Waals surface area (Å²) in [6.45, 7) is 7.99. The third-order valence-corrected chi connectivity index (χ3v) is 4.23. The molecule has 7 heteroatoms. The van der Waals surface area contributed by atoms with Gasteiger partial charge in [0.2, 0.25) is 5.91 Å². The molecule has 0 fully saturated rings. The number of nitriles is 1. The van der Waals surface area contributed by atoms with Crippen LogP contribution in [0.15, 0.2) is 42.1 Å². The van der Waals surface area contributed by atoms with Gasteiger partial charge in [0, 0.05) is 12.2 Å². The first-order valence-corrected chi connectivity index (χ1v) is 7.91. The summed E-state index contributed by atoms with van der Waals surface area (Å²) in [6.07, 6.45) is 1.77. The molecule has 0 unspecified atom stereocenters. The van der Waals surface area contributed by atoms with E-state index in [2.05, 4.69) is 22.1 Å². The molecule has 1 aromatic carbocycles. The van der Waals surface area contributed by atoms with Crippen molar-refractivity contribution in [2.24, 2.45) is 0 Å². The number of carbonyl (C=O) groups excluding carboxylic acids is 1. The van der Waals surface area contributed by atoms with Crippen LogP contribution < -0.4 is 5.32 Å². The Morgan fingerprint density at radius 3 is 2.78 bits per heavy atom. The van der Waals surface area contributed by atoms with Crippen molar-refractivity contribution >= 4 is 23.4 Å². The van der Waals surface area contributed by atoms with Gasteiger partial charge in [-0.1, -0.05) is 17.8 Å². The van der Waals surface area contributed by atoms with Crippen molar-refractivity contribution < 1.29 is 4.79 Å². The van der Waals surface area contributed by atoms with Crippen molar-refractivity contribution in [3.63, 3.8) is 0 Å². The molecule has 1 N–H and O–H groups in total. The molecule has 23 heavy (non-hydrogen) atoms. The lowest BCUT2D eigenvalue weighted by atomic mass is 10.2. The van der Waals surface area contributed by atoms with Crippen LogP contribution in [0.3, 0.4) is 0 Å². The Hall–Kier alpha value is -2.59. The van der Waals surface area contributed by atoms with E-state index in [9.17, 15) is 4.79 Å². The first kappa shape index (κ1) is 16.8. The van der Waals surface area contributed by atoms with E-state index in [0.29, 0.717) is 23.0 Å². The second kappa shape index (κ2) is 7.61. The maximum atomic E-state index is 12.3. The summed E-state index contributed by atoms with van der Waals surface area (Å²) < 4.78 is 1.91. The normalized spacial score (nSPS) is 11.5. The van der Waals surface area contributed by atoms with Gasteiger partial charge in [0.25, 0.3) is 0 Å². The molecule has 1 aromatic heterocycles. The topological polar surface area (TPSA) is 83.6 Å². The number of thioether (sulfide) groups is 1. The SMILES string of the molecule is C=CCn1c(C)nnc1S[C@@H](C)C(=O)Nc1ccc(C#N)cc1. The van der Waals surface area contributed by atoms with Crippen LogP contribution in [0.1, 0.15) is 18.3 Å². The second-order valence-corrected chi connectivity index (χ2v) is 6.18. The minimum atomic E-state index is -0.335. The molecule has 0 saturated carbocycles. The molecule has 1 atom stereocenters. The van der Waals surface area contributed by atoms with Crippen LogP contribution >= 0.6 is 11.8 Å². The molecule has 2 rings (SSSR count). The molecule has 118 valence electrons. The number of hydrogen-bond donors (Lipinski definition) is 1. The van der Waals surface area contributed by atoms with Gasteiger partial charge in [-0.25, -0.2) is 0 Å². The highest BCUT2D eigenvalue weighted by Crippen LogP contribution is 2.23. The predicted molar refractivity (Wildman–Crippen MR) is 90.1 cm³/mol. The number of hydrogen-bond acceptors (Lipinski definition) is 5. The van der Waals surface area contributed by atoms with E-state index < -0.39 is 0 Å².